The van der Waals surface area contributed by atoms with E-state index in [2.05, 4.69) is 85.3 Å². The number of aryl methyl sites for hydroxylation is 1. The Morgan fingerprint density at radius 2 is 1.64 bits per heavy atom. The van der Waals surface area contributed by atoms with E-state index in [9.17, 15) is 0 Å². The molecule has 6 heteroatoms. The number of para-hydroxylation sites is 1. The van der Waals surface area contributed by atoms with E-state index in [4.69, 9.17) is 9.72 Å². The summed E-state index contributed by atoms with van der Waals surface area (Å²) in [5, 5.41) is 6.67. The summed E-state index contributed by atoms with van der Waals surface area (Å²) in [7, 11) is 1.89. The molecule has 0 aliphatic carbocycles. The predicted octanol–water partition coefficient (Wildman–Crippen LogP) is 6.08. The maximum atomic E-state index is 6.32. The SMILES string of the molecule is C[n+]1[c-]n(-c2cccc(Oc3ccc4c5ccccc5n(-c5cc(C(C)(C)C)ccn5)c4c3)c2)nc1. The van der Waals surface area contributed by atoms with Gasteiger partial charge < -0.3 is 9.30 Å². The zero-order valence-corrected chi connectivity index (χ0v) is 20.8. The Morgan fingerprint density at radius 1 is 0.833 bits per heavy atom. The predicted molar refractivity (Wildman–Crippen MR) is 141 cm³/mol. The summed E-state index contributed by atoms with van der Waals surface area (Å²) in [5.41, 5.74) is 4.32. The Balaban J connectivity index is 1.47. The number of hydrogen-bond acceptors (Lipinski definition) is 3. The molecule has 6 aromatic rings. The van der Waals surface area contributed by atoms with E-state index in [1.165, 1.54) is 10.9 Å². The summed E-state index contributed by atoms with van der Waals surface area (Å²) >= 11 is 0. The van der Waals surface area contributed by atoms with Gasteiger partial charge in [0.15, 0.2) is 12.7 Å². The minimum Gasteiger partial charge on any atom is -0.458 e. The van der Waals surface area contributed by atoms with Crippen LogP contribution in [0, 0.1) is 6.33 Å². The molecule has 0 aliphatic rings. The fraction of sp³-hybridized carbons (Fsp3) is 0.167. The molecule has 0 fully saturated rings. The number of pyridine rings is 1. The first-order chi connectivity index (χ1) is 17.4. The lowest BCUT2D eigenvalue weighted by atomic mass is 9.88. The molecular formula is C30H27N5O. The molecule has 3 heterocycles. The van der Waals surface area contributed by atoms with Crippen LogP contribution in [0.25, 0.3) is 33.3 Å². The fourth-order valence-electron chi connectivity index (χ4n) is 4.54. The number of ether oxygens (including phenoxy) is 1. The highest BCUT2D eigenvalue weighted by molar-refractivity contribution is 6.09. The monoisotopic (exact) mass is 473 g/mol. The van der Waals surface area contributed by atoms with E-state index in [0.29, 0.717) is 0 Å². The Bertz CT molecular complexity index is 1720. The van der Waals surface area contributed by atoms with Crippen LogP contribution in [0.3, 0.4) is 0 Å². The summed E-state index contributed by atoms with van der Waals surface area (Å²) in [6.07, 6.45) is 6.73. The van der Waals surface area contributed by atoms with Gasteiger partial charge in [0.1, 0.15) is 17.3 Å². The number of hydrogen-bond donors (Lipinski definition) is 0. The van der Waals surface area contributed by atoms with Crippen LogP contribution in [0.15, 0.2) is 91.4 Å². The van der Waals surface area contributed by atoms with Gasteiger partial charge in [-0.2, -0.15) is 4.68 Å². The molecule has 0 aliphatic heterocycles. The van der Waals surface area contributed by atoms with Crippen LogP contribution < -0.4 is 9.30 Å². The maximum Gasteiger partial charge on any atom is 0.173 e. The van der Waals surface area contributed by atoms with Gasteiger partial charge in [-0.3, -0.25) is 4.57 Å². The van der Waals surface area contributed by atoms with Gasteiger partial charge in [-0.25, -0.2) is 4.98 Å². The van der Waals surface area contributed by atoms with E-state index >= 15 is 0 Å². The van der Waals surface area contributed by atoms with Gasteiger partial charge in [0.25, 0.3) is 0 Å². The van der Waals surface area contributed by atoms with Gasteiger partial charge in [0, 0.05) is 35.8 Å². The number of benzene rings is 3. The van der Waals surface area contributed by atoms with Crippen LogP contribution in [0.4, 0.5) is 0 Å². The topological polar surface area (TPSA) is 48.8 Å². The van der Waals surface area contributed by atoms with E-state index in [0.717, 1.165) is 39.4 Å². The van der Waals surface area contributed by atoms with Crippen molar-refractivity contribution in [2.75, 3.05) is 0 Å². The number of aromatic nitrogens is 5. The van der Waals surface area contributed by atoms with Crippen LogP contribution >= 0.6 is 0 Å². The number of fused-ring (bicyclic) bond motifs is 3. The largest absolute Gasteiger partial charge is 0.458 e. The normalized spacial score (nSPS) is 11.9. The molecule has 6 nitrogen and oxygen atoms in total. The van der Waals surface area contributed by atoms with Gasteiger partial charge in [0.2, 0.25) is 0 Å². The first-order valence-electron chi connectivity index (χ1n) is 12.0. The van der Waals surface area contributed by atoms with Crippen LogP contribution in [0.5, 0.6) is 11.5 Å². The average molecular weight is 474 g/mol. The highest BCUT2D eigenvalue weighted by atomic mass is 16.5. The zero-order valence-electron chi connectivity index (χ0n) is 20.8. The molecule has 0 radical (unpaired) electrons. The van der Waals surface area contributed by atoms with E-state index < -0.39 is 0 Å². The van der Waals surface area contributed by atoms with Crippen LogP contribution in [0.2, 0.25) is 0 Å². The van der Waals surface area contributed by atoms with E-state index in [1.54, 1.807) is 15.6 Å². The van der Waals surface area contributed by atoms with Crippen molar-refractivity contribution in [3.8, 4) is 23.0 Å². The van der Waals surface area contributed by atoms with Crippen LogP contribution in [0.1, 0.15) is 26.3 Å². The van der Waals surface area contributed by atoms with Crippen LogP contribution in [-0.4, -0.2) is 19.3 Å². The second kappa shape index (κ2) is 8.34. The fourth-order valence-corrected chi connectivity index (χ4v) is 4.54. The van der Waals surface area contributed by atoms with Crippen molar-refractivity contribution in [1.29, 1.82) is 0 Å². The molecule has 0 amide bonds. The molecule has 36 heavy (non-hydrogen) atoms. The maximum absolute atomic E-state index is 6.32. The highest BCUT2D eigenvalue weighted by Crippen LogP contribution is 2.35. The Kier molecular flexibility index (Phi) is 5.11. The van der Waals surface area contributed by atoms with Crippen LogP contribution in [-0.2, 0) is 12.5 Å². The minimum atomic E-state index is 0.0266. The highest BCUT2D eigenvalue weighted by Gasteiger charge is 2.18. The van der Waals surface area contributed by atoms with Gasteiger partial charge in [-0.1, -0.05) is 51.1 Å². The van der Waals surface area contributed by atoms with Crippen molar-refractivity contribution in [2.24, 2.45) is 7.05 Å². The van der Waals surface area contributed by atoms with Gasteiger partial charge in [0.05, 0.1) is 11.0 Å². The number of rotatable bonds is 4. The zero-order chi connectivity index (χ0) is 24.9. The molecule has 6 rings (SSSR count). The van der Waals surface area contributed by atoms with Crippen molar-refractivity contribution in [1.82, 2.24) is 19.3 Å². The molecule has 0 bridgehead atoms. The molecule has 0 N–H and O–H groups in total. The Hall–Kier alpha value is -4.45. The van der Waals surface area contributed by atoms with Gasteiger partial charge >= 0.3 is 0 Å². The van der Waals surface area contributed by atoms with E-state index in [-0.39, 0.29) is 5.41 Å². The first-order valence-corrected chi connectivity index (χ1v) is 12.0. The quantitative estimate of drug-likeness (QED) is 0.230. The van der Waals surface area contributed by atoms with Crippen molar-refractivity contribution in [3.05, 3.63) is 103 Å². The molecule has 3 aromatic carbocycles. The van der Waals surface area contributed by atoms with Crippen molar-refractivity contribution >= 4 is 21.8 Å². The summed E-state index contributed by atoms with van der Waals surface area (Å²) in [6, 6.07) is 26.8. The average Bonchev–Trinajstić information content (AvgIpc) is 3.45. The third kappa shape index (κ3) is 3.90. The Morgan fingerprint density at radius 3 is 2.44 bits per heavy atom. The van der Waals surface area contributed by atoms with Gasteiger partial charge in [-0.05, 0) is 58.5 Å². The third-order valence-corrected chi connectivity index (χ3v) is 6.38. The summed E-state index contributed by atoms with van der Waals surface area (Å²) < 4.78 is 12.0. The molecule has 3 aromatic heterocycles. The molecule has 0 saturated carbocycles. The molecule has 0 saturated heterocycles. The Labute approximate surface area is 210 Å². The summed E-state index contributed by atoms with van der Waals surface area (Å²) in [4.78, 5) is 4.76. The van der Waals surface area contributed by atoms with Crippen molar-refractivity contribution in [2.45, 2.75) is 26.2 Å². The van der Waals surface area contributed by atoms with Crippen molar-refractivity contribution < 1.29 is 9.30 Å². The number of nitrogens with zero attached hydrogens (tertiary/aromatic N) is 5. The third-order valence-electron chi connectivity index (χ3n) is 6.38. The second-order valence-corrected chi connectivity index (χ2v) is 10.0. The second-order valence-electron chi connectivity index (χ2n) is 10.0. The minimum absolute atomic E-state index is 0.0266. The lowest BCUT2D eigenvalue weighted by Gasteiger charge is -2.20. The standard InChI is InChI=1S/C30H27N5O/c1-30(2,3)21-14-15-31-29(16-21)35-27-11-6-5-10-25(27)26-13-12-24(18-28(26)35)36-23-9-7-8-22(17-23)34-20-33(4)19-32-34/h5-19H,1-4H3. The molecule has 0 spiro atoms. The molecular weight excluding hydrogens is 446 g/mol. The molecule has 0 unspecified atom stereocenters. The molecule has 0 atom stereocenters. The smallest absolute Gasteiger partial charge is 0.173 e. The summed E-state index contributed by atoms with van der Waals surface area (Å²) in [5.74, 6) is 2.38. The lowest BCUT2D eigenvalue weighted by molar-refractivity contribution is -0.676. The van der Waals surface area contributed by atoms with Gasteiger partial charge in [-0.15, -0.1) is 0 Å². The lowest BCUT2D eigenvalue weighted by Crippen LogP contribution is -2.24. The molecule has 178 valence electrons. The summed E-state index contributed by atoms with van der Waals surface area (Å²) in [6.45, 7) is 6.66. The first kappa shape index (κ1) is 22.0. The van der Waals surface area contributed by atoms with E-state index in [1.807, 2.05) is 43.6 Å². The van der Waals surface area contributed by atoms with Crippen molar-refractivity contribution in [3.63, 3.8) is 0 Å².